The van der Waals surface area contributed by atoms with Gasteiger partial charge in [0.25, 0.3) is 5.16 Å². The number of sulfone groups is 1. The van der Waals surface area contributed by atoms with Gasteiger partial charge in [-0.15, -0.1) is 0 Å². The summed E-state index contributed by atoms with van der Waals surface area (Å²) in [5, 5.41) is 3.37. The quantitative estimate of drug-likeness (QED) is 0.512. The van der Waals surface area contributed by atoms with Gasteiger partial charge in [0.15, 0.2) is 5.82 Å². The van der Waals surface area contributed by atoms with E-state index in [0.29, 0.717) is 11.9 Å². The molecule has 0 spiro atoms. The van der Waals surface area contributed by atoms with Gasteiger partial charge in [-0.05, 0) is 26.7 Å². The van der Waals surface area contributed by atoms with Crippen molar-refractivity contribution in [3.8, 4) is 0 Å². The van der Waals surface area contributed by atoms with E-state index in [1.54, 1.807) is 0 Å². The van der Waals surface area contributed by atoms with Crippen LogP contribution in [0.4, 0.5) is 11.6 Å². The Morgan fingerprint density at radius 1 is 1.15 bits per heavy atom. The zero-order valence-corrected chi connectivity index (χ0v) is 19.8. The van der Waals surface area contributed by atoms with E-state index in [2.05, 4.69) is 47.1 Å². The molecule has 1 aromatic rings. The van der Waals surface area contributed by atoms with E-state index in [1.807, 2.05) is 19.9 Å². The van der Waals surface area contributed by atoms with Crippen LogP contribution in [0.25, 0.3) is 0 Å². The second-order valence-corrected chi connectivity index (χ2v) is 13.6. The van der Waals surface area contributed by atoms with E-state index in [-0.39, 0.29) is 5.16 Å². The van der Waals surface area contributed by atoms with Crippen molar-refractivity contribution in [1.29, 1.82) is 0 Å². The topological polar surface area (TPSA) is 75.2 Å². The average Bonchev–Trinajstić information content (AvgIpc) is 2.64. The monoisotopic (exact) mass is 417 g/mol. The Morgan fingerprint density at radius 2 is 1.74 bits per heavy atom. The van der Waals surface area contributed by atoms with Gasteiger partial charge in [-0.25, -0.2) is 18.1 Å². The van der Waals surface area contributed by atoms with Crippen LogP contribution in [0.5, 0.6) is 0 Å². The normalized spacial score (nSPS) is 15.7. The maximum Gasteiger partial charge on any atom is 0.250 e. The zero-order valence-electron chi connectivity index (χ0n) is 18.1. The average molecular weight is 418 g/mol. The summed E-state index contributed by atoms with van der Waals surface area (Å²) in [4.78, 5) is 8.70. The van der Waals surface area contributed by atoms with Gasteiger partial charge in [-0.2, -0.15) is 4.98 Å². The number of hydrogen-bond acceptors (Lipinski definition) is 6. The van der Waals surface area contributed by atoms with E-state index in [9.17, 15) is 8.42 Å². The van der Waals surface area contributed by atoms with Crippen LogP contribution in [-0.2, 0) is 9.84 Å². The first-order valence-electron chi connectivity index (χ1n) is 10.1. The number of hydrogen-bond donors (Lipinski definition) is 1. The van der Waals surface area contributed by atoms with Crippen molar-refractivity contribution in [2.24, 2.45) is 0 Å². The molecule has 1 N–H and O–H groups in total. The van der Waals surface area contributed by atoms with Crippen LogP contribution in [0.1, 0.15) is 59.8 Å². The number of anilines is 2. The van der Waals surface area contributed by atoms with E-state index in [4.69, 9.17) is 0 Å². The highest BCUT2D eigenvalue weighted by atomic mass is 32.2. The fourth-order valence-electron chi connectivity index (χ4n) is 3.23. The molecule has 156 valence electrons. The Bertz CT molecular complexity index is 689. The third-order valence-electron chi connectivity index (χ3n) is 4.97. The Morgan fingerprint density at radius 3 is 2.22 bits per heavy atom. The van der Waals surface area contributed by atoms with Gasteiger partial charge in [0.05, 0.1) is 26.0 Å². The molecular weight excluding hydrogens is 379 g/mol. The van der Waals surface area contributed by atoms with Crippen molar-refractivity contribution in [2.45, 2.75) is 71.0 Å². The molecule has 1 aliphatic carbocycles. The minimum absolute atomic E-state index is 0.0853. The molecule has 0 saturated heterocycles. The lowest BCUT2D eigenvalue weighted by atomic mass is 9.95. The lowest BCUT2D eigenvalue weighted by Gasteiger charge is -2.31. The van der Waals surface area contributed by atoms with Crippen LogP contribution in [0.3, 0.4) is 0 Å². The SMILES string of the molecule is CC.CCN(c1cc(NC2CCCCC2)nc(S(C)(=O)=O)n1)[P+](C)(C)CC. The summed E-state index contributed by atoms with van der Waals surface area (Å²) in [6.07, 6.45) is 8.14. The van der Waals surface area contributed by atoms with Crippen LogP contribution in [0.2, 0.25) is 0 Å². The molecule has 0 unspecified atom stereocenters. The van der Waals surface area contributed by atoms with E-state index in [0.717, 1.165) is 31.4 Å². The van der Waals surface area contributed by atoms with Crippen LogP contribution < -0.4 is 9.99 Å². The zero-order chi connectivity index (χ0) is 20.7. The molecule has 0 atom stereocenters. The standard InChI is InChI=1S/C17H32N4O2PS.C2H6/c1-6-21(24(3,4)7-2)16-13-15(18-14-11-9-8-10-12-14)19-17(20-16)25(5,22)23;1-2/h13-14H,6-12H2,1-5H3,(H,18,19,20);1-2H3/q+1;. The first-order valence-corrected chi connectivity index (χ1v) is 14.9. The molecule has 0 amide bonds. The van der Waals surface area contributed by atoms with Crippen molar-refractivity contribution >= 4 is 28.9 Å². The van der Waals surface area contributed by atoms with Crippen molar-refractivity contribution in [3.05, 3.63) is 6.07 Å². The predicted molar refractivity (Wildman–Crippen MR) is 119 cm³/mol. The first-order chi connectivity index (χ1) is 12.7. The fourth-order valence-corrected chi connectivity index (χ4v) is 5.52. The highest BCUT2D eigenvalue weighted by Gasteiger charge is 2.33. The summed E-state index contributed by atoms with van der Waals surface area (Å²) < 4.78 is 26.5. The molecular formula is C19H38N4O2PS+. The lowest BCUT2D eigenvalue weighted by molar-refractivity contribution is 0.461. The number of aromatic nitrogens is 2. The summed E-state index contributed by atoms with van der Waals surface area (Å²) in [6.45, 7) is 13.6. The molecule has 2 rings (SSSR count). The molecule has 27 heavy (non-hydrogen) atoms. The van der Waals surface area contributed by atoms with Crippen molar-refractivity contribution < 1.29 is 8.42 Å². The van der Waals surface area contributed by atoms with Gasteiger partial charge < -0.3 is 5.32 Å². The molecule has 1 aliphatic rings. The van der Waals surface area contributed by atoms with Crippen molar-refractivity contribution in [1.82, 2.24) is 9.97 Å². The molecule has 6 nitrogen and oxygen atoms in total. The smallest absolute Gasteiger partial charge is 0.250 e. The van der Waals surface area contributed by atoms with Gasteiger partial charge in [0.2, 0.25) is 9.84 Å². The molecule has 1 aromatic heterocycles. The third kappa shape index (κ3) is 6.86. The molecule has 0 bridgehead atoms. The lowest BCUT2D eigenvalue weighted by Crippen LogP contribution is -2.27. The molecule has 8 heteroatoms. The van der Waals surface area contributed by atoms with Crippen molar-refractivity contribution in [3.63, 3.8) is 0 Å². The second kappa shape index (κ2) is 10.6. The first kappa shape index (κ1) is 24.1. The summed E-state index contributed by atoms with van der Waals surface area (Å²) in [5.74, 6) is 1.35. The molecule has 0 radical (unpaired) electrons. The summed E-state index contributed by atoms with van der Waals surface area (Å²) >= 11 is 0. The highest BCUT2D eigenvalue weighted by Crippen LogP contribution is 2.56. The minimum Gasteiger partial charge on any atom is -0.367 e. The van der Waals surface area contributed by atoms with Gasteiger partial charge in [-0.1, -0.05) is 33.1 Å². The largest absolute Gasteiger partial charge is 0.367 e. The van der Waals surface area contributed by atoms with Gasteiger partial charge in [-0.3, -0.25) is 0 Å². The highest BCUT2D eigenvalue weighted by molar-refractivity contribution is 7.90. The summed E-state index contributed by atoms with van der Waals surface area (Å²) in [5.41, 5.74) is 0. The minimum atomic E-state index is -3.46. The van der Waals surface area contributed by atoms with Gasteiger partial charge in [0, 0.05) is 18.4 Å². The van der Waals surface area contributed by atoms with Gasteiger partial charge in [0.1, 0.15) is 13.2 Å². The third-order valence-corrected chi connectivity index (χ3v) is 9.16. The maximum absolute atomic E-state index is 12.1. The number of nitrogens with one attached hydrogen (secondary N) is 1. The molecule has 1 saturated carbocycles. The maximum atomic E-state index is 12.1. The fraction of sp³-hybridized carbons (Fsp3) is 0.789. The van der Waals surface area contributed by atoms with Crippen LogP contribution in [-0.4, -0.2) is 56.7 Å². The second-order valence-electron chi connectivity index (χ2n) is 7.30. The Balaban J connectivity index is 0.00000176. The van der Waals surface area contributed by atoms with Crippen LogP contribution >= 0.6 is 7.41 Å². The molecule has 0 aliphatic heterocycles. The van der Waals surface area contributed by atoms with Crippen LogP contribution in [0, 0.1) is 0 Å². The summed E-state index contributed by atoms with van der Waals surface area (Å²) in [7, 11) is -4.83. The molecule has 1 fully saturated rings. The Labute approximate surface area is 166 Å². The Hall–Kier alpha value is -0.940. The van der Waals surface area contributed by atoms with E-state index in [1.165, 1.54) is 25.5 Å². The summed E-state index contributed by atoms with van der Waals surface area (Å²) in [6, 6.07) is 2.29. The number of rotatable bonds is 7. The molecule has 1 heterocycles. The molecule has 0 aromatic carbocycles. The Kier molecular flexibility index (Phi) is 9.43. The van der Waals surface area contributed by atoms with Crippen molar-refractivity contribution in [2.75, 3.05) is 42.3 Å². The predicted octanol–water partition coefficient (Wildman–Crippen LogP) is 4.69. The van der Waals surface area contributed by atoms with E-state index < -0.39 is 17.3 Å². The van der Waals surface area contributed by atoms with Gasteiger partial charge >= 0.3 is 0 Å². The van der Waals surface area contributed by atoms with E-state index >= 15 is 0 Å². The van der Waals surface area contributed by atoms with Crippen LogP contribution in [0.15, 0.2) is 11.2 Å². The number of nitrogens with zero attached hydrogens (tertiary/aromatic N) is 3.